The van der Waals surface area contributed by atoms with Gasteiger partial charge in [-0.1, -0.05) is 187 Å². The summed E-state index contributed by atoms with van der Waals surface area (Å²) in [5.74, 6) is -0.113. The van der Waals surface area contributed by atoms with E-state index >= 15 is 0 Å². The van der Waals surface area contributed by atoms with E-state index in [0.717, 1.165) is 44.9 Å². The Morgan fingerprint density at radius 3 is 1.83 bits per heavy atom. The molecule has 0 fully saturated rings. The van der Waals surface area contributed by atoms with Gasteiger partial charge in [0, 0.05) is 49.3 Å². The van der Waals surface area contributed by atoms with Crippen molar-refractivity contribution in [2.75, 3.05) is 0 Å². The summed E-state index contributed by atoms with van der Waals surface area (Å²) < 4.78 is 26.3. The number of thiophene rings is 1. The summed E-state index contributed by atoms with van der Waals surface area (Å²) in [5, 5.41) is 3.69. The normalized spacial score (nSPS) is 12.1. The minimum atomic E-state index is -1.57. The van der Waals surface area contributed by atoms with Crippen molar-refractivity contribution in [3.8, 4) is 61.7 Å². The maximum absolute atomic E-state index is 13.0. The molecule has 0 aliphatic heterocycles. The first kappa shape index (κ1) is 48.0. The topological polar surface area (TPSA) is 30.7 Å². The van der Waals surface area contributed by atoms with Crippen LogP contribution in [0.2, 0.25) is 19.6 Å². The predicted octanol–water partition coefficient (Wildman–Crippen LogP) is 17.5. The maximum atomic E-state index is 13.0. The third-order valence-electron chi connectivity index (χ3n) is 13.0. The molecule has 0 saturated carbocycles. The molecule has 0 atom stereocenters. The van der Waals surface area contributed by atoms with E-state index in [0.29, 0.717) is 0 Å². The van der Waals surface area contributed by atoms with Crippen molar-refractivity contribution >= 4 is 55.8 Å². The molecular formula is C64H56FIrN3SSi-2. The smallest absolute Gasteiger partial charge is 0.0799 e. The minimum Gasteiger partial charge on any atom is -0.332 e. The van der Waals surface area contributed by atoms with E-state index in [-0.39, 0.29) is 31.3 Å². The summed E-state index contributed by atoms with van der Waals surface area (Å²) >= 11 is 1.82. The molecule has 7 heteroatoms. The zero-order valence-electron chi connectivity index (χ0n) is 42.4. The zero-order valence-corrected chi connectivity index (χ0v) is 45.6. The van der Waals surface area contributed by atoms with E-state index in [1.807, 2.05) is 37.4 Å². The maximum Gasteiger partial charge on any atom is 0.0799 e. The number of imidazole rings is 1. The van der Waals surface area contributed by atoms with Crippen LogP contribution in [0.1, 0.15) is 53.0 Å². The Balaban J connectivity index is 0.000000245. The summed E-state index contributed by atoms with van der Waals surface area (Å²) in [6.07, 6.45) is 1.89. The van der Waals surface area contributed by atoms with E-state index in [2.05, 4.69) is 220 Å². The largest absolute Gasteiger partial charge is 0.332 e. The first-order valence-electron chi connectivity index (χ1n) is 24.4. The third kappa shape index (κ3) is 10.2. The monoisotopic (exact) mass is 1140 g/mol. The first-order valence-corrected chi connectivity index (χ1v) is 28.2. The molecule has 3 nitrogen and oxygen atoms in total. The average molecular weight is 1140 g/mol. The molecule has 355 valence electrons. The van der Waals surface area contributed by atoms with Crippen molar-refractivity contribution in [3.05, 3.63) is 217 Å². The summed E-state index contributed by atoms with van der Waals surface area (Å²) in [7, 11) is -1.57. The second kappa shape index (κ2) is 20.3. The van der Waals surface area contributed by atoms with Crippen LogP contribution in [0, 0.1) is 17.9 Å². The van der Waals surface area contributed by atoms with Crippen molar-refractivity contribution in [1.82, 2.24) is 14.5 Å². The van der Waals surface area contributed by atoms with Gasteiger partial charge in [0.2, 0.25) is 0 Å². The molecule has 0 bridgehead atoms. The van der Waals surface area contributed by atoms with Crippen molar-refractivity contribution in [1.29, 1.82) is 0 Å². The predicted molar refractivity (Wildman–Crippen MR) is 299 cm³/mol. The summed E-state index contributed by atoms with van der Waals surface area (Å²) in [4.78, 5) is 9.88. The van der Waals surface area contributed by atoms with Gasteiger partial charge in [0.25, 0.3) is 0 Å². The van der Waals surface area contributed by atoms with Gasteiger partial charge in [0.15, 0.2) is 0 Å². The van der Waals surface area contributed by atoms with Crippen molar-refractivity contribution in [2.45, 2.75) is 65.6 Å². The van der Waals surface area contributed by atoms with Crippen molar-refractivity contribution < 1.29 is 25.9 Å². The van der Waals surface area contributed by atoms with Gasteiger partial charge < -0.3 is 9.55 Å². The van der Waals surface area contributed by atoms with E-state index in [1.165, 1.54) is 76.4 Å². The standard InChI is InChI=1S/C47H35N2S.C17H21FNSi.Ir/c1-47(2,3)36-29-38(32-17-9-5-10-18-32)45(39(30-36)33-19-11-6-12-20-33)49-42-22-14-13-21-41(42)48-46(49)35-24-26-43-40(27-35)37-25-23-34(28-44(37)50-43)31-15-7-4-8-16-31;1-12(2)15-10-16(13-6-8-14(18)9-7-13)19-11-17(15)20(3,4)5;/h4-23,25-30H,1-3H3;6,8-12H,1-5H3;/q2*-1;/i;12D;. The summed E-state index contributed by atoms with van der Waals surface area (Å²) in [5.41, 5.74) is 15.0. The van der Waals surface area contributed by atoms with Gasteiger partial charge in [0.1, 0.15) is 0 Å². The van der Waals surface area contributed by atoms with Crippen LogP contribution >= 0.6 is 11.3 Å². The van der Waals surface area contributed by atoms with Crippen LogP contribution < -0.4 is 5.19 Å². The number of fused-ring (bicyclic) bond motifs is 4. The Morgan fingerprint density at radius 1 is 0.634 bits per heavy atom. The first-order chi connectivity index (χ1) is 34.0. The number of hydrogen-bond acceptors (Lipinski definition) is 3. The van der Waals surface area contributed by atoms with Crippen LogP contribution in [-0.2, 0) is 25.5 Å². The molecule has 3 heterocycles. The van der Waals surface area contributed by atoms with E-state index in [4.69, 9.17) is 6.35 Å². The van der Waals surface area contributed by atoms with Gasteiger partial charge in [-0.3, -0.25) is 9.37 Å². The fourth-order valence-electron chi connectivity index (χ4n) is 9.26. The van der Waals surface area contributed by atoms with E-state index < -0.39 is 14.0 Å². The second-order valence-corrected chi connectivity index (χ2v) is 26.4. The Bertz CT molecular complexity index is 3640. The molecule has 0 aliphatic carbocycles. The molecule has 0 unspecified atom stereocenters. The Kier molecular flexibility index (Phi) is 13.7. The van der Waals surface area contributed by atoms with Gasteiger partial charge >= 0.3 is 0 Å². The SMILES string of the molecule is CC(C)(C)c1cc(-c2ccccc2)c(-n2c(-c3[c-]cc4sc5cc(-c6ccccc6)ccc5c4c3)nc3ccccc32)c(-c2ccccc2)c1.[2H]C(C)(C)c1cc(-c2[c-]cc(F)cc2)ncc1[Si](C)(C)C.[Ir]. The Hall–Kier alpha value is -6.60. The van der Waals surface area contributed by atoms with E-state index in [1.54, 1.807) is 6.07 Å². The van der Waals surface area contributed by atoms with Gasteiger partial charge in [-0.15, -0.1) is 53.6 Å². The summed E-state index contributed by atoms with van der Waals surface area (Å²) in [6.45, 7) is 17.4. The molecule has 0 aliphatic rings. The van der Waals surface area contributed by atoms with Crippen LogP contribution in [0.15, 0.2) is 188 Å². The Morgan fingerprint density at radius 2 is 1.24 bits per heavy atom. The third-order valence-corrected chi connectivity index (χ3v) is 16.1. The second-order valence-electron chi connectivity index (χ2n) is 20.3. The van der Waals surface area contributed by atoms with Crippen LogP contribution in [0.3, 0.4) is 0 Å². The molecule has 1 radical (unpaired) electrons. The molecule has 0 saturated heterocycles. The zero-order chi connectivity index (χ0) is 49.7. The molecule has 11 aromatic rings. The number of nitrogens with zero attached hydrogens (tertiary/aromatic N) is 3. The number of rotatable bonds is 8. The van der Waals surface area contributed by atoms with Crippen LogP contribution in [0.4, 0.5) is 4.39 Å². The average Bonchev–Trinajstić information content (AvgIpc) is 3.94. The van der Waals surface area contributed by atoms with Crippen LogP contribution in [0.25, 0.3) is 92.9 Å². The molecule has 8 aromatic carbocycles. The molecule has 71 heavy (non-hydrogen) atoms. The number of benzene rings is 8. The number of aromatic nitrogens is 3. The van der Waals surface area contributed by atoms with Gasteiger partial charge in [-0.2, -0.15) is 11.3 Å². The van der Waals surface area contributed by atoms with Crippen molar-refractivity contribution in [2.24, 2.45) is 0 Å². The van der Waals surface area contributed by atoms with Gasteiger partial charge in [-0.05, 0) is 90.4 Å². The quantitative estimate of drug-likeness (QED) is 0.112. The fourth-order valence-corrected chi connectivity index (χ4v) is 11.9. The molecular weight excluding hydrogens is 1080 g/mol. The number of para-hydroxylation sites is 2. The van der Waals surface area contributed by atoms with Gasteiger partial charge in [-0.25, -0.2) is 0 Å². The fraction of sp³-hybridized carbons (Fsp3) is 0.156. The molecule has 3 aromatic heterocycles. The van der Waals surface area contributed by atoms with Crippen molar-refractivity contribution in [3.63, 3.8) is 0 Å². The van der Waals surface area contributed by atoms with Crippen LogP contribution in [-0.4, -0.2) is 22.6 Å². The molecule has 0 N–H and O–H groups in total. The molecule has 0 spiro atoms. The van der Waals surface area contributed by atoms with E-state index in [9.17, 15) is 4.39 Å². The van der Waals surface area contributed by atoms with Gasteiger partial charge in [0.05, 0.1) is 30.6 Å². The number of hydrogen-bond donors (Lipinski definition) is 0. The van der Waals surface area contributed by atoms with Crippen LogP contribution in [0.5, 0.6) is 0 Å². The number of pyridine rings is 1. The number of halogens is 1. The minimum absolute atomic E-state index is 0. The Labute approximate surface area is 437 Å². The summed E-state index contributed by atoms with van der Waals surface area (Å²) in [6, 6.07) is 69.7. The molecule has 0 amide bonds. The molecule has 11 rings (SSSR count).